The number of piperidine rings is 1. The van der Waals surface area contributed by atoms with E-state index in [1.807, 2.05) is 49.9 Å². The highest BCUT2D eigenvalue weighted by atomic mass is 16.5. The summed E-state index contributed by atoms with van der Waals surface area (Å²) >= 11 is 0. The van der Waals surface area contributed by atoms with Crippen molar-refractivity contribution in [2.24, 2.45) is 0 Å². The van der Waals surface area contributed by atoms with Gasteiger partial charge in [-0.3, -0.25) is 4.79 Å². The van der Waals surface area contributed by atoms with Crippen molar-refractivity contribution in [3.63, 3.8) is 0 Å². The first-order valence-corrected chi connectivity index (χ1v) is 11.0. The lowest BCUT2D eigenvalue weighted by atomic mass is 9.88. The van der Waals surface area contributed by atoms with Crippen molar-refractivity contribution in [2.45, 2.75) is 51.4 Å². The molecule has 2 aromatic rings. The highest BCUT2D eigenvalue weighted by molar-refractivity contribution is 5.94. The molecule has 4 rings (SSSR count). The van der Waals surface area contributed by atoms with Crippen LogP contribution in [0.3, 0.4) is 0 Å². The molecule has 0 aromatic heterocycles. The average Bonchev–Trinajstić information content (AvgIpc) is 2.76. The largest absolute Gasteiger partial charge is 0.491 e. The van der Waals surface area contributed by atoms with Crippen LogP contribution < -0.4 is 10.1 Å². The van der Waals surface area contributed by atoms with E-state index in [-0.39, 0.29) is 23.7 Å². The van der Waals surface area contributed by atoms with Crippen molar-refractivity contribution < 1.29 is 14.3 Å². The summed E-state index contributed by atoms with van der Waals surface area (Å²) < 4.78 is 12.4. The van der Waals surface area contributed by atoms with Gasteiger partial charge in [-0.05, 0) is 62.9 Å². The third kappa shape index (κ3) is 4.52. The Bertz CT molecular complexity index is 873. The third-order valence-corrected chi connectivity index (χ3v) is 6.09. The molecule has 160 valence electrons. The summed E-state index contributed by atoms with van der Waals surface area (Å²) in [6.07, 6.45) is 1.89. The Morgan fingerprint density at radius 3 is 2.57 bits per heavy atom. The van der Waals surface area contributed by atoms with E-state index in [2.05, 4.69) is 29.6 Å². The first kappa shape index (κ1) is 20.9. The van der Waals surface area contributed by atoms with E-state index < -0.39 is 0 Å². The van der Waals surface area contributed by atoms with Gasteiger partial charge in [-0.1, -0.05) is 30.3 Å². The number of aryl methyl sites for hydroxylation is 1. The first-order valence-electron chi connectivity index (χ1n) is 11.0. The third-order valence-electron chi connectivity index (χ3n) is 6.09. The van der Waals surface area contributed by atoms with Crippen LogP contribution in [0, 0.1) is 6.92 Å². The summed E-state index contributed by atoms with van der Waals surface area (Å²) in [5.74, 6) is 0.931. The zero-order valence-corrected chi connectivity index (χ0v) is 18.2. The zero-order chi connectivity index (χ0) is 21.1. The Balaban J connectivity index is 1.39. The van der Waals surface area contributed by atoms with E-state index in [0.29, 0.717) is 13.1 Å². The van der Waals surface area contributed by atoms with Crippen molar-refractivity contribution in [2.75, 3.05) is 26.2 Å². The number of carbonyl (C=O) groups is 1. The molecule has 2 fully saturated rings. The van der Waals surface area contributed by atoms with E-state index in [4.69, 9.17) is 9.47 Å². The minimum Gasteiger partial charge on any atom is -0.491 e. The van der Waals surface area contributed by atoms with Gasteiger partial charge in [0.05, 0.1) is 17.8 Å². The second kappa shape index (κ2) is 8.78. The number of likely N-dealkylation sites (tertiary alicyclic amines) is 1. The maximum atomic E-state index is 13.1. The number of amides is 1. The summed E-state index contributed by atoms with van der Waals surface area (Å²) in [4.78, 5) is 15.0. The van der Waals surface area contributed by atoms with Gasteiger partial charge in [0.15, 0.2) is 0 Å². The molecule has 2 aromatic carbocycles. The lowest BCUT2D eigenvalue weighted by molar-refractivity contribution is -0.140. The molecule has 1 unspecified atom stereocenters. The summed E-state index contributed by atoms with van der Waals surface area (Å²) in [5.41, 5.74) is 2.74. The number of ether oxygens (including phenoxy) is 2. The Kier molecular flexibility index (Phi) is 6.11. The molecule has 30 heavy (non-hydrogen) atoms. The van der Waals surface area contributed by atoms with Crippen LogP contribution in [0.1, 0.15) is 54.3 Å². The SMILES string of the molecule is Cc1cc(C(=O)N2CCC3(CC2)CNCC(c2ccccc2)O3)ccc1OC(C)C. The summed E-state index contributed by atoms with van der Waals surface area (Å²) in [7, 11) is 0. The second-order valence-electron chi connectivity index (χ2n) is 8.77. The highest BCUT2D eigenvalue weighted by Crippen LogP contribution is 2.35. The van der Waals surface area contributed by atoms with E-state index >= 15 is 0 Å². The monoisotopic (exact) mass is 408 g/mol. The van der Waals surface area contributed by atoms with E-state index in [1.54, 1.807) is 0 Å². The fourth-order valence-corrected chi connectivity index (χ4v) is 4.43. The molecule has 0 radical (unpaired) electrons. The summed E-state index contributed by atoms with van der Waals surface area (Å²) in [6.45, 7) is 9.11. The van der Waals surface area contributed by atoms with Crippen LogP contribution in [-0.4, -0.2) is 48.7 Å². The molecule has 1 atom stereocenters. The number of morpholine rings is 1. The molecule has 1 N–H and O–H groups in total. The number of hydrogen-bond donors (Lipinski definition) is 1. The van der Waals surface area contributed by atoms with Gasteiger partial charge in [-0.2, -0.15) is 0 Å². The lowest BCUT2D eigenvalue weighted by Crippen LogP contribution is -2.57. The van der Waals surface area contributed by atoms with Crippen LogP contribution in [-0.2, 0) is 4.74 Å². The molecule has 5 nitrogen and oxygen atoms in total. The molecule has 2 saturated heterocycles. The average molecular weight is 409 g/mol. The van der Waals surface area contributed by atoms with Crippen LogP contribution in [0.15, 0.2) is 48.5 Å². The van der Waals surface area contributed by atoms with Gasteiger partial charge in [0, 0.05) is 31.7 Å². The number of rotatable bonds is 4. The van der Waals surface area contributed by atoms with Crippen LogP contribution in [0.4, 0.5) is 0 Å². The van der Waals surface area contributed by atoms with Gasteiger partial charge in [-0.25, -0.2) is 0 Å². The first-order chi connectivity index (χ1) is 14.5. The number of nitrogens with zero attached hydrogens (tertiary/aromatic N) is 1. The van der Waals surface area contributed by atoms with Crippen LogP contribution >= 0.6 is 0 Å². The number of hydrogen-bond acceptors (Lipinski definition) is 4. The second-order valence-corrected chi connectivity index (χ2v) is 8.77. The van der Waals surface area contributed by atoms with Gasteiger partial charge in [0.1, 0.15) is 5.75 Å². The predicted octanol–water partition coefficient (Wildman–Crippen LogP) is 4.12. The zero-order valence-electron chi connectivity index (χ0n) is 18.2. The Morgan fingerprint density at radius 2 is 1.90 bits per heavy atom. The molecule has 5 heteroatoms. The van der Waals surface area contributed by atoms with Crippen LogP contribution in [0.25, 0.3) is 0 Å². The van der Waals surface area contributed by atoms with Crippen LogP contribution in [0.2, 0.25) is 0 Å². The van der Waals surface area contributed by atoms with Crippen molar-refractivity contribution in [1.82, 2.24) is 10.2 Å². The van der Waals surface area contributed by atoms with Crippen molar-refractivity contribution >= 4 is 5.91 Å². The van der Waals surface area contributed by atoms with Gasteiger partial charge in [0.25, 0.3) is 5.91 Å². The molecule has 2 aliphatic heterocycles. The van der Waals surface area contributed by atoms with Crippen LogP contribution in [0.5, 0.6) is 5.75 Å². The number of benzene rings is 2. The summed E-state index contributed by atoms with van der Waals surface area (Å²) in [5, 5.41) is 3.56. The molecule has 2 heterocycles. The fraction of sp³-hybridized carbons (Fsp3) is 0.480. The van der Waals surface area contributed by atoms with Gasteiger partial charge < -0.3 is 19.7 Å². The number of nitrogens with one attached hydrogen (secondary N) is 1. The molecule has 0 bridgehead atoms. The normalized spacial score (nSPS) is 21.1. The smallest absolute Gasteiger partial charge is 0.253 e. The maximum Gasteiger partial charge on any atom is 0.253 e. The maximum absolute atomic E-state index is 13.1. The minimum atomic E-state index is -0.194. The van der Waals surface area contributed by atoms with E-state index in [0.717, 1.165) is 42.8 Å². The quantitative estimate of drug-likeness (QED) is 0.827. The standard InChI is InChI=1S/C25H32N2O3/c1-18(2)29-22-10-9-21(15-19(22)3)24(28)27-13-11-25(12-14-27)17-26-16-23(30-25)20-7-5-4-6-8-20/h4-10,15,18,23,26H,11-14,16-17H2,1-3H3. The molecule has 0 saturated carbocycles. The van der Waals surface area contributed by atoms with E-state index in [1.165, 1.54) is 5.56 Å². The fourth-order valence-electron chi connectivity index (χ4n) is 4.43. The molecule has 1 amide bonds. The Labute approximate surface area is 179 Å². The molecule has 2 aliphatic rings. The van der Waals surface area contributed by atoms with Gasteiger partial charge in [0.2, 0.25) is 0 Å². The minimum absolute atomic E-state index is 0.0679. The van der Waals surface area contributed by atoms with Crippen molar-refractivity contribution in [3.8, 4) is 5.75 Å². The van der Waals surface area contributed by atoms with Crippen molar-refractivity contribution in [1.29, 1.82) is 0 Å². The lowest BCUT2D eigenvalue weighted by Gasteiger charge is -2.46. The van der Waals surface area contributed by atoms with E-state index in [9.17, 15) is 4.79 Å². The Morgan fingerprint density at radius 1 is 1.17 bits per heavy atom. The molecular formula is C25H32N2O3. The van der Waals surface area contributed by atoms with Gasteiger partial charge >= 0.3 is 0 Å². The van der Waals surface area contributed by atoms with Gasteiger partial charge in [-0.15, -0.1) is 0 Å². The Hall–Kier alpha value is -2.37. The van der Waals surface area contributed by atoms with Crippen molar-refractivity contribution in [3.05, 3.63) is 65.2 Å². The molecule has 1 spiro atoms. The molecular weight excluding hydrogens is 376 g/mol. The topological polar surface area (TPSA) is 50.8 Å². The predicted molar refractivity (Wildman–Crippen MR) is 118 cm³/mol. The number of carbonyl (C=O) groups excluding carboxylic acids is 1. The summed E-state index contributed by atoms with van der Waals surface area (Å²) in [6, 6.07) is 16.1. The molecule has 0 aliphatic carbocycles. The highest BCUT2D eigenvalue weighted by Gasteiger charge is 2.41.